The summed E-state index contributed by atoms with van der Waals surface area (Å²) in [4.78, 5) is 7.62. The van der Waals surface area contributed by atoms with Crippen LogP contribution in [0.4, 0.5) is 0 Å². The number of aromatic nitrogens is 1. The Balaban J connectivity index is 1.52. The first kappa shape index (κ1) is 19.6. The van der Waals surface area contributed by atoms with Crippen molar-refractivity contribution in [2.45, 2.75) is 19.9 Å². The van der Waals surface area contributed by atoms with E-state index in [0.29, 0.717) is 13.2 Å². The Morgan fingerprint density at radius 2 is 1.96 bits per heavy atom. The topological polar surface area (TPSA) is 70.7 Å². The standard InChI is InChI=1S/C22H28N4O2/c1-4-28-20-10-9-16(13-21(20)27-3)14-26-22(23-2)24-12-11-17-15-25-19-8-6-5-7-18(17)19/h5-10,13,15,25H,4,11-12,14H2,1-3H3,(H2,23,24,26). The third-order valence-electron chi connectivity index (χ3n) is 4.57. The second-order valence-corrected chi connectivity index (χ2v) is 6.38. The van der Waals surface area contributed by atoms with Gasteiger partial charge in [0.15, 0.2) is 17.5 Å². The molecule has 28 heavy (non-hydrogen) atoms. The van der Waals surface area contributed by atoms with Crippen LogP contribution in [0.2, 0.25) is 0 Å². The molecule has 6 nitrogen and oxygen atoms in total. The number of hydrogen-bond acceptors (Lipinski definition) is 3. The molecule has 0 saturated carbocycles. The zero-order valence-corrected chi connectivity index (χ0v) is 16.7. The van der Waals surface area contributed by atoms with Gasteiger partial charge in [0.25, 0.3) is 0 Å². The Bertz CT molecular complexity index is 933. The van der Waals surface area contributed by atoms with Crippen LogP contribution < -0.4 is 20.1 Å². The second kappa shape index (κ2) is 9.69. The summed E-state index contributed by atoms with van der Waals surface area (Å²) >= 11 is 0. The number of guanidine groups is 1. The summed E-state index contributed by atoms with van der Waals surface area (Å²) in [5.41, 5.74) is 3.57. The Labute approximate surface area is 166 Å². The minimum Gasteiger partial charge on any atom is -0.493 e. The number of aliphatic imine (C=N–C) groups is 1. The molecule has 3 rings (SSSR count). The molecule has 0 aliphatic rings. The summed E-state index contributed by atoms with van der Waals surface area (Å²) in [7, 11) is 3.43. The number of nitrogens with zero attached hydrogens (tertiary/aromatic N) is 1. The Kier molecular flexibility index (Phi) is 6.78. The monoisotopic (exact) mass is 380 g/mol. The fraction of sp³-hybridized carbons (Fsp3) is 0.318. The zero-order valence-electron chi connectivity index (χ0n) is 16.7. The van der Waals surface area contributed by atoms with Gasteiger partial charge in [0, 0.05) is 37.2 Å². The number of aromatic amines is 1. The summed E-state index contributed by atoms with van der Waals surface area (Å²) in [6.45, 7) is 4.02. The molecule has 148 valence electrons. The van der Waals surface area contributed by atoms with Crippen molar-refractivity contribution in [1.29, 1.82) is 0 Å². The zero-order chi connectivity index (χ0) is 19.8. The molecule has 0 unspecified atom stereocenters. The first-order valence-electron chi connectivity index (χ1n) is 9.54. The van der Waals surface area contributed by atoms with Gasteiger partial charge in [-0.15, -0.1) is 0 Å². The number of benzene rings is 2. The highest BCUT2D eigenvalue weighted by Gasteiger charge is 2.07. The first-order chi connectivity index (χ1) is 13.7. The van der Waals surface area contributed by atoms with E-state index in [1.807, 2.05) is 31.2 Å². The molecule has 0 saturated heterocycles. The minimum atomic E-state index is 0.612. The number of rotatable bonds is 8. The smallest absolute Gasteiger partial charge is 0.191 e. The third-order valence-corrected chi connectivity index (χ3v) is 4.57. The number of para-hydroxylation sites is 1. The van der Waals surface area contributed by atoms with Crippen LogP contribution in [0.5, 0.6) is 11.5 Å². The SMILES string of the molecule is CCOc1ccc(CNC(=NC)NCCc2c[nH]c3ccccc23)cc1OC. The van der Waals surface area contributed by atoms with Crippen molar-refractivity contribution in [1.82, 2.24) is 15.6 Å². The fourth-order valence-corrected chi connectivity index (χ4v) is 3.16. The molecule has 1 heterocycles. The van der Waals surface area contributed by atoms with Crippen molar-refractivity contribution in [3.8, 4) is 11.5 Å². The van der Waals surface area contributed by atoms with Crippen LogP contribution in [0.1, 0.15) is 18.1 Å². The van der Waals surface area contributed by atoms with Crippen LogP contribution in [0.25, 0.3) is 10.9 Å². The van der Waals surface area contributed by atoms with E-state index < -0.39 is 0 Å². The van der Waals surface area contributed by atoms with E-state index in [-0.39, 0.29) is 0 Å². The molecular weight excluding hydrogens is 352 g/mol. The summed E-state index contributed by atoms with van der Waals surface area (Å²) in [6, 6.07) is 14.3. The normalized spacial score (nSPS) is 11.5. The summed E-state index contributed by atoms with van der Waals surface area (Å²) < 4.78 is 11.0. The van der Waals surface area contributed by atoms with Crippen LogP contribution in [0.15, 0.2) is 53.7 Å². The molecular formula is C22H28N4O2. The van der Waals surface area contributed by atoms with Crippen molar-refractivity contribution in [2.75, 3.05) is 27.3 Å². The summed E-state index contributed by atoms with van der Waals surface area (Å²) in [5.74, 6) is 2.27. The Morgan fingerprint density at radius 3 is 2.75 bits per heavy atom. The largest absolute Gasteiger partial charge is 0.493 e. The average molecular weight is 380 g/mol. The number of ether oxygens (including phenoxy) is 2. The molecule has 0 atom stereocenters. The van der Waals surface area contributed by atoms with E-state index in [1.54, 1.807) is 14.2 Å². The molecule has 3 aromatic rings. The van der Waals surface area contributed by atoms with Gasteiger partial charge in [-0.1, -0.05) is 24.3 Å². The molecule has 0 fully saturated rings. The first-order valence-corrected chi connectivity index (χ1v) is 9.54. The maximum absolute atomic E-state index is 5.56. The predicted octanol–water partition coefficient (Wildman–Crippen LogP) is 3.48. The number of H-pyrrole nitrogens is 1. The quantitative estimate of drug-likeness (QED) is 0.413. The van der Waals surface area contributed by atoms with E-state index in [2.05, 4.69) is 45.0 Å². The summed E-state index contributed by atoms with van der Waals surface area (Å²) in [5, 5.41) is 7.98. The van der Waals surface area contributed by atoms with Gasteiger partial charge in [-0.2, -0.15) is 0 Å². The van der Waals surface area contributed by atoms with E-state index in [4.69, 9.17) is 9.47 Å². The van der Waals surface area contributed by atoms with E-state index in [9.17, 15) is 0 Å². The number of nitrogens with one attached hydrogen (secondary N) is 3. The molecule has 2 aromatic carbocycles. The lowest BCUT2D eigenvalue weighted by Crippen LogP contribution is -2.37. The number of hydrogen-bond donors (Lipinski definition) is 3. The van der Waals surface area contributed by atoms with Crippen LogP contribution >= 0.6 is 0 Å². The summed E-state index contributed by atoms with van der Waals surface area (Å²) in [6.07, 6.45) is 3.00. The minimum absolute atomic E-state index is 0.612. The van der Waals surface area contributed by atoms with Crippen LogP contribution in [0, 0.1) is 0 Å². The Morgan fingerprint density at radius 1 is 1.11 bits per heavy atom. The van der Waals surface area contributed by atoms with Gasteiger partial charge in [-0.05, 0) is 42.7 Å². The van der Waals surface area contributed by atoms with Crippen molar-refractivity contribution < 1.29 is 9.47 Å². The molecule has 1 aromatic heterocycles. The molecule has 0 aliphatic heterocycles. The molecule has 0 aliphatic carbocycles. The van der Waals surface area contributed by atoms with Gasteiger partial charge in [-0.25, -0.2) is 0 Å². The highest BCUT2D eigenvalue weighted by atomic mass is 16.5. The molecule has 0 spiro atoms. The van der Waals surface area contributed by atoms with Crippen LogP contribution in [0.3, 0.4) is 0 Å². The van der Waals surface area contributed by atoms with Crippen LogP contribution in [-0.2, 0) is 13.0 Å². The van der Waals surface area contributed by atoms with Crippen molar-refractivity contribution >= 4 is 16.9 Å². The molecule has 0 bridgehead atoms. The average Bonchev–Trinajstić information content (AvgIpc) is 3.14. The van der Waals surface area contributed by atoms with Gasteiger partial charge in [0.1, 0.15) is 0 Å². The van der Waals surface area contributed by atoms with Crippen molar-refractivity contribution in [2.24, 2.45) is 4.99 Å². The van der Waals surface area contributed by atoms with E-state index in [1.165, 1.54) is 16.5 Å². The van der Waals surface area contributed by atoms with Gasteiger partial charge in [0.2, 0.25) is 0 Å². The van der Waals surface area contributed by atoms with E-state index >= 15 is 0 Å². The number of fused-ring (bicyclic) bond motifs is 1. The van der Waals surface area contributed by atoms with Gasteiger partial charge in [0.05, 0.1) is 13.7 Å². The third kappa shape index (κ3) is 4.76. The highest BCUT2D eigenvalue weighted by Crippen LogP contribution is 2.27. The maximum Gasteiger partial charge on any atom is 0.191 e. The lowest BCUT2D eigenvalue weighted by molar-refractivity contribution is 0.310. The molecule has 0 amide bonds. The lowest BCUT2D eigenvalue weighted by Gasteiger charge is -2.14. The predicted molar refractivity (Wildman–Crippen MR) is 114 cm³/mol. The lowest BCUT2D eigenvalue weighted by atomic mass is 10.1. The van der Waals surface area contributed by atoms with Gasteiger partial charge < -0.3 is 25.1 Å². The van der Waals surface area contributed by atoms with Gasteiger partial charge in [-0.3, -0.25) is 4.99 Å². The highest BCUT2D eigenvalue weighted by molar-refractivity contribution is 5.83. The van der Waals surface area contributed by atoms with Gasteiger partial charge >= 0.3 is 0 Å². The Hall–Kier alpha value is -3.15. The molecule has 0 radical (unpaired) electrons. The van der Waals surface area contributed by atoms with E-state index in [0.717, 1.165) is 36.0 Å². The molecule has 6 heteroatoms. The maximum atomic E-state index is 5.56. The fourth-order valence-electron chi connectivity index (χ4n) is 3.16. The second-order valence-electron chi connectivity index (χ2n) is 6.38. The van der Waals surface area contributed by atoms with Crippen LogP contribution in [-0.4, -0.2) is 38.3 Å². The van der Waals surface area contributed by atoms with Crippen molar-refractivity contribution in [3.05, 3.63) is 59.8 Å². The molecule has 3 N–H and O–H groups in total. The number of methoxy groups -OCH3 is 1. The van der Waals surface area contributed by atoms with Crippen molar-refractivity contribution in [3.63, 3.8) is 0 Å².